The molecule has 1 aromatic heterocycles. The number of benzene rings is 1. The number of pyridine rings is 1. The van der Waals surface area contributed by atoms with Gasteiger partial charge in [-0.05, 0) is 42.7 Å². The lowest BCUT2D eigenvalue weighted by Crippen LogP contribution is -2.33. The van der Waals surface area contributed by atoms with Gasteiger partial charge in [-0.25, -0.2) is 0 Å². The van der Waals surface area contributed by atoms with Crippen molar-refractivity contribution in [2.24, 2.45) is 10.7 Å². The Kier molecular flexibility index (Phi) is 6.91. The molecular formula is C18H24N4O. The second kappa shape index (κ2) is 9.46. The van der Waals surface area contributed by atoms with E-state index in [0.29, 0.717) is 12.5 Å². The van der Waals surface area contributed by atoms with Gasteiger partial charge in [-0.15, -0.1) is 0 Å². The zero-order valence-corrected chi connectivity index (χ0v) is 13.5. The van der Waals surface area contributed by atoms with Crippen LogP contribution in [0, 0.1) is 0 Å². The molecule has 0 unspecified atom stereocenters. The van der Waals surface area contributed by atoms with E-state index in [4.69, 9.17) is 10.5 Å². The van der Waals surface area contributed by atoms with Crippen molar-refractivity contribution in [1.82, 2.24) is 10.3 Å². The van der Waals surface area contributed by atoms with Crippen molar-refractivity contribution in [1.29, 1.82) is 0 Å². The van der Waals surface area contributed by atoms with Crippen LogP contribution in [-0.2, 0) is 12.8 Å². The average Bonchev–Trinajstić information content (AvgIpc) is 2.60. The molecule has 0 saturated heterocycles. The molecule has 0 aliphatic carbocycles. The summed E-state index contributed by atoms with van der Waals surface area (Å²) in [5, 5.41) is 3.12. The molecular weight excluding hydrogens is 288 g/mol. The lowest BCUT2D eigenvalue weighted by molar-refractivity contribution is 0.414. The highest BCUT2D eigenvalue weighted by Gasteiger charge is 1.97. The van der Waals surface area contributed by atoms with E-state index >= 15 is 0 Å². The first-order chi connectivity index (χ1) is 11.3. The van der Waals surface area contributed by atoms with Crippen molar-refractivity contribution in [2.45, 2.75) is 19.3 Å². The molecule has 0 atom stereocenters. The fourth-order valence-electron chi connectivity index (χ4n) is 2.23. The van der Waals surface area contributed by atoms with Gasteiger partial charge in [0.1, 0.15) is 5.75 Å². The molecule has 0 aliphatic rings. The molecule has 23 heavy (non-hydrogen) atoms. The van der Waals surface area contributed by atoms with Gasteiger partial charge in [0.15, 0.2) is 5.96 Å². The second-order valence-corrected chi connectivity index (χ2v) is 5.22. The van der Waals surface area contributed by atoms with Crippen molar-refractivity contribution in [3.8, 4) is 5.75 Å². The van der Waals surface area contributed by atoms with Gasteiger partial charge in [-0.3, -0.25) is 9.98 Å². The SMILES string of the molecule is COc1cccc(CCCN=C(N)NCCc2ccccn2)c1. The van der Waals surface area contributed by atoms with Gasteiger partial charge < -0.3 is 15.8 Å². The summed E-state index contributed by atoms with van der Waals surface area (Å²) in [6, 6.07) is 14.0. The maximum atomic E-state index is 5.86. The third kappa shape index (κ3) is 6.38. The van der Waals surface area contributed by atoms with Crippen molar-refractivity contribution in [3.63, 3.8) is 0 Å². The van der Waals surface area contributed by atoms with Crippen LogP contribution in [0.5, 0.6) is 5.75 Å². The number of aryl methyl sites for hydroxylation is 1. The van der Waals surface area contributed by atoms with E-state index in [9.17, 15) is 0 Å². The first kappa shape index (κ1) is 16.8. The smallest absolute Gasteiger partial charge is 0.188 e. The lowest BCUT2D eigenvalue weighted by atomic mass is 10.1. The normalized spacial score (nSPS) is 11.3. The summed E-state index contributed by atoms with van der Waals surface area (Å²) in [5.74, 6) is 1.38. The van der Waals surface area contributed by atoms with Crippen LogP contribution in [0.4, 0.5) is 0 Å². The molecule has 122 valence electrons. The Balaban J connectivity index is 1.64. The number of ether oxygens (including phenoxy) is 1. The highest BCUT2D eigenvalue weighted by atomic mass is 16.5. The fourth-order valence-corrected chi connectivity index (χ4v) is 2.23. The van der Waals surface area contributed by atoms with E-state index in [0.717, 1.165) is 37.3 Å². The molecule has 1 heterocycles. The molecule has 5 nitrogen and oxygen atoms in total. The average molecular weight is 312 g/mol. The maximum Gasteiger partial charge on any atom is 0.188 e. The number of nitrogens with one attached hydrogen (secondary N) is 1. The van der Waals surface area contributed by atoms with E-state index in [2.05, 4.69) is 27.4 Å². The monoisotopic (exact) mass is 312 g/mol. The minimum atomic E-state index is 0.492. The Hall–Kier alpha value is -2.56. The molecule has 0 radical (unpaired) electrons. The number of aliphatic imine (C=N–C) groups is 1. The summed E-state index contributed by atoms with van der Waals surface area (Å²) in [6.07, 6.45) is 4.55. The third-order valence-corrected chi connectivity index (χ3v) is 3.45. The molecule has 0 amide bonds. The molecule has 2 rings (SSSR count). The zero-order chi connectivity index (χ0) is 16.3. The number of nitrogens with two attached hydrogens (primary N) is 1. The molecule has 0 fully saturated rings. The summed E-state index contributed by atoms with van der Waals surface area (Å²) in [7, 11) is 1.68. The number of nitrogens with zero attached hydrogens (tertiary/aromatic N) is 2. The predicted octanol–water partition coefficient (Wildman–Crippen LogP) is 2.17. The minimum absolute atomic E-state index is 0.492. The number of guanidine groups is 1. The molecule has 2 aromatic rings. The van der Waals surface area contributed by atoms with E-state index in [-0.39, 0.29) is 0 Å². The summed E-state index contributed by atoms with van der Waals surface area (Å²) in [4.78, 5) is 8.61. The first-order valence-corrected chi connectivity index (χ1v) is 7.84. The molecule has 0 saturated carbocycles. The van der Waals surface area contributed by atoms with Gasteiger partial charge in [-0.1, -0.05) is 18.2 Å². The maximum absolute atomic E-state index is 5.86. The summed E-state index contributed by atoms with van der Waals surface area (Å²) >= 11 is 0. The summed E-state index contributed by atoms with van der Waals surface area (Å²) in [6.45, 7) is 1.45. The van der Waals surface area contributed by atoms with E-state index in [1.807, 2.05) is 30.3 Å². The van der Waals surface area contributed by atoms with Gasteiger partial charge in [0.2, 0.25) is 0 Å². The van der Waals surface area contributed by atoms with Crippen LogP contribution >= 0.6 is 0 Å². The zero-order valence-electron chi connectivity index (χ0n) is 13.5. The summed E-state index contributed by atoms with van der Waals surface area (Å²) < 4.78 is 5.22. The van der Waals surface area contributed by atoms with Crippen LogP contribution in [0.25, 0.3) is 0 Å². The first-order valence-electron chi connectivity index (χ1n) is 7.84. The Bertz CT molecular complexity index is 613. The number of hydrogen-bond acceptors (Lipinski definition) is 3. The lowest BCUT2D eigenvalue weighted by Gasteiger charge is -2.06. The van der Waals surface area contributed by atoms with Gasteiger partial charge in [0.05, 0.1) is 7.11 Å². The van der Waals surface area contributed by atoms with Crippen molar-refractivity contribution < 1.29 is 4.74 Å². The highest BCUT2D eigenvalue weighted by Crippen LogP contribution is 2.13. The van der Waals surface area contributed by atoms with Gasteiger partial charge in [-0.2, -0.15) is 0 Å². The van der Waals surface area contributed by atoms with Crippen LogP contribution < -0.4 is 15.8 Å². The number of aromatic nitrogens is 1. The molecule has 1 aromatic carbocycles. The standard InChI is InChI=1S/C18H24N4O/c1-23-17-9-4-6-15(14-17)7-5-12-21-18(19)22-13-10-16-8-2-3-11-20-16/h2-4,6,8-9,11,14H,5,7,10,12-13H2,1H3,(H3,19,21,22). The van der Waals surface area contributed by atoms with Crippen molar-refractivity contribution in [2.75, 3.05) is 20.2 Å². The molecule has 0 spiro atoms. The highest BCUT2D eigenvalue weighted by molar-refractivity contribution is 5.77. The van der Waals surface area contributed by atoms with Crippen LogP contribution in [0.3, 0.4) is 0 Å². The second-order valence-electron chi connectivity index (χ2n) is 5.22. The Labute approximate surface area is 137 Å². The fraction of sp³-hybridized carbons (Fsp3) is 0.333. The number of methoxy groups -OCH3 is 1. The van der Waals surface area contributed by atoms with E-state index < -0.39 is 0 Å². The van der Waals surface area contributed by atoms with Crippen molar-refractivity contribution >= 4 is 5.96 Å². The topological polar surface area (TPSA) is 72.5 Å². The summed E-state index contributed by atoms with van der Waals surface area (Å²) in [5.41, 5.74) is 8.16. The van der Waals surface area contributed by atoms with Crippen LogP contribution in [0.15, 0.2) is 53.7 Å². The van der Waals surface area contributed by atoms with Gasteiger partial charge in [0, 0.05) is 31.4 Å². The van der Waals surface area contributed by atoms with Gasteiger partial charge >= 0.3 is 0 Å². The molecule has 0 bridgehead atoms. The molecule has 3 N–H and O–H groups in total. The number of rotatable bonds is 8. The van der Waals surface area contributed by atoms with Crippen LogP contribution in [-0.4, -0.2) is 31.1 Å². The minimum Gasteiger partial charge on any atom is -0.497 e. The third-order valence-electron chi connectivity index (χ3n) is 3.45. The van der Waals surface area contributed by atoms with Crippen molar-refractivity contribution in [3.05, 3.63) is 59.9 Å². The van der Waals surface area contributed by atoms with Crippen LogP contribution in [0.1, 0.15) is 17.7 Å². The predicted molar refractivity (Wildman–Crippen MR) is 93.7 cm³/mol. The molecule has 0 aliphatic heterocycles. The Morgan fingerprint density at radius 2 is 2.13 bits per heavy atom. The Morgan fingerprint density at radius 3 is 2.91 bits per heavy atom. The Morgan fingerprint density at radius 1 is 1.22 bits per heavy atom. The quantitative estimate of drug-likeness (QED) is 0.445. The number of hydrogen-bond donors (Lipinski definition) is 2. The largest absolute Gasteiger partial charge is 0.497 e. The molecule has 5 heteroatoms. The van der Waals surface area contributed by atoms with E-state index in [1.165, 1.54) is 5.56 Å². The van der Waals surface area contributed by atoms with Gasteiger partial charge in [0.25, 0.3) is 0 Å². The van der Waals surface area contributed by atoms with E-state index in [1.54, 1.807) is 13.3 Å². The van der Waals surface area contributed by atoms with Crippen LogP contribution in [0.2, 0.25) is 0 Å².